The van der Waals surface area contributed by atoms with Crippen LogP contribution in [0.15, 0.2) is 24.3 Å². The lowest BCUT2D eigenvalue weighted by Gasteiger charge is -2.30. The van der Waals surface area contributed by atoms with Gasteiger partial charge in [0.2, 0.25) is 0 Å². The van der Waals surface area contributed by atoms with Crippen molar-refractivity contribution in [2.75, 3.05) is 19.7 Å². The smallest absolute Gasteiger partial charge is 0.122 e. The monoisotopic (exact) mass is 273 g/mol. The van der Waals surface area contributed by atoms with E-state index in [1.807, 2.05) is 0 Å². The molecule has 1 aromatic rings. The number of nitrogens with one attached hydrogen (secondary N) is 1. The third-order valence-corrected chi connectivity index (χ3v) is 5.17. The van der Waals surface area contributed by atoms with Crippen molar-refractivity contribution in [3.05, 3.63) is 29.8 Å². The van der Waals surface area contributed by atoms with Crippen LogP contribution in [0.25, 0.3) is 0 Å². The van der Waals surface area contributed by atoms with Gasteiger partial charge in [-0.15, -0.1) is 0 Å². The Hall–Kier alpha value is -1.02. The van der Waals surface area contributed by atoms with Gasteiger partial charge in [-0.3, -0.25) is 0 Å². The summed E-state index contributed by atoms with van der Waals surface area (Å²) in [6.45, 7) is 5.59. The Morgan fingerprint density at radius 2 is 1.95 bits per heavy atom. The maximum absolute atomic E-state index is 5.74. The summed E-state index contributed by atoms with van der Waals surface area (Å²) < 4.78 is 5.74. The molecule has 0 saturated heterocycles. The molecule has 3 unspecified atom stereocenters. The summed E-state index contributed by atoms with van der Waals surface area (Å²) in [4.78, 5) is 0. The normalized spacial score (nSPS) is 29.6. The molecular formula is C18H27NO. The lowest BCUT2D eigenvalue weighted by Crippen LogP contribution is -2.33. The largest absolute Gasteiger partial charge is 0.493 e. The fourth-order valence-corrected chi connectivity index (χ4v) is 3.77. The molecule has 110 valence electrons. The average Bonchev–Trinajstić information content (AvgIpc) is 2.49. The molecule has 0 bridgehead atoms. The first-order valence-corrected chi connectivity index (χ1v) is 8.27. The van der Waals surface area contributed by atoms with Crippen molar-refractivity contribution in [2.45, 2.75) is 44.9 Å². The SMILES string of the molecule is CC1CCCCC1CNCC1CCOc2ccccc21. The predicted molar refractivity (Wildman–Crippen MR) is 83.3 cm³/mol. The fourth-order valence-electron chi connectivity index (χ4n) is 3.77. The molecule has 2 nitrogen and oxygen atoms in total. The van der Waals surface area contributed by atoms with Crippen molar-refractivity contribution < 1.29 is 4.74 Å². The Kier molecular flexibility index (Phi) is 4.62. The first-order valence-electron chi connectivity index (χ1n) is 8.27. The highest BCUT2D eigenvalue weighted by Crippen LogP contribution is 2.33. The second-order valence-corrected chi connectivity index (χ2v) is 6.55. The Balaban J connectivity index is 1.52. The van der Waals surface area contributed by atoms with Gasteiger partial charge in [0.15, 0.2) is 0 Å². The molecule has 0 amide bonds. The van der Waals surface area contributed by atoms with Gasteiger partial charge in [-0.05, 0) is 42.9 Å². The van der Waals surface area contributed by atoms with E-state index in [9.17, 15) is 0 Å². The van der Waals surface area contributed by atoms with E-state index in [1.54, 1.807) is 0 Å². The number of ether oxygens (including phenoxy) is 1. The third-order valence-electron chi connectivity index (χ3n) is 5.17. The Bertz CT molecular complexity index is 431. The molecule has 20 heavy (non-hydrogen) atoms. The van der Waals surface area contributed by atoms with Crippen LogP contribution in [0.5, 0.6) is 5.75 Å². The summed E-state index contributed by atoms with van der Waals surface area (Å²) in [5, 5.41) is 3.74. The minimum Gasteiger partial charge on any atom is -0.493 e. The molecule has 0 radical (unpaired) electrons. The second-order valence-electron chi connectivity index (χ2n) is 6.55. The average molecular weight is 273 g/mol. The minimum atomic E-state index is 0.624. The Morgan fingerprint density at radius 1 is 1.10 bits per heavy atom. The van der Waals surface area contributed by atoms with Crippen molar-refractivity contribution in [2.24, 2.45) is 11.8 Å². The Morgan fingerprint density at radius 3 is 2.85 bits per heavy atom. The summed E-state index contributed by atoms with van der Waals surface area (Å²) in [6.07, 6.45) is 6.84. The van der Waals surface area contributed by atoms with Crippen LogP contribution in [-0.2, 0) is 0 Å². The highest BCUT2D eigenvalue weighted by molar-refractivity contribution is 5.37. The number of hydrogen-bond donors (Lipinski definition) is 1. The zero-order chi connectivity index (χ0) is 13.8. The topological polar surface area (TPSA) is 21.3 Å². The number of rotatable bonds is 4. The van der Waals surface area contributed by atoms with E-state index in [0.717, 1.165) is 37.2 Å². The summed E-state index contributed by atoms with van der Waals surface area (Å²) in [5.74, 6) is 3.51. The first kappa shape index (κ1) is 13.9. The molecule has 3 rings (SSSR count). The zero-order valence-corrected chi connectivity index (χ0v) is 12.6. The molecule has 2 heteroatoms. The molecule has 1 fully saturated rings. The van der Waals surface area contributed by atoms with Crippen LogP contribution in [0.4, 0.5) is 0 Å². The van der Waals surface area contributed by atoms with Crippen molar-refractivity contribution in [3.8, 4) is 5.75 Å². The standard InChI is InChI=1S/C18H27NO/c1-14-6-2-3-7-15(14)12-19-13-16-10-11-20-18-9-5-4-8-17(16)18/h4-5,8-9,14-16,19H,2-3,6-7,10-13H2,1H3. The summed E-state index contributed by atoms with van der Waals surface area (Å²) in [6, 6.07) is 8.52. The Labute approximate surface area is 122 Å². The number of hydrogen-bond acceptors (Lipinski definition) is 2. The highest BCUT2D eigenvalue weighted by Gasteiger charge is 2.23. The molecule has 2 aliphatic rings. The second kappa shape index (κ2) is 6.62. The van der Waals surface area contributed by atoms with Gasteiger partial charge in [-0.25, -0.2) is 0 Å². The van der Waals surface area contributed by atoms with Crippen LogP contribution in [0.1, 0.15) is 50.5 Å². The number of benzene rings is 1. The molecule has 0 spiro atoms. The lowest BCUT2D eigenvalue weighted by molar-refractivity contribution is 0.237. The van der Waals surface area contributed by atoms with Crippen LogP contribution in [0, 0.1) is 11.8 Å². The van der Waals surface area contributed by atoms with Crippen molar-refractivity contribution in [1.82, 2.24) is 5.32 Å². The van der Waals surface area contributed by atoms with E-state index in [1.165, 1.54) is 37.8 Å². The van der Waals surface area contributed by atoms with Crippen LogP contribution >= 0.6 is 0 Å². The highest BCUT2D eigenvalue weighted by atomic mass is 16.5. The summed E-state index contributed by atoms with van der Waals surface area (Å²) in [7, 11) is 0. The third kappa shape index (κ3) is 3.17. The maximum Gasteiger partial charge on any atom is 0.122 e. The van der Waals surface area contributed by atoms with Gasteiger partial charge in [0.1, 0.15) is 5.75 Å². The summed E-state index contributed by atoms with van der Waals surface area (Å²) >= 11 is 0. The van der Waals surface area contributed by atoms with Gasteiger partial charge in [-0.1, -0.05) is 44.4 Å². The van der Waals surface area contributed by atoms with Crippen LogP contribution in [0.2, 0.25) is 0 Å². The quantitative estimate of drug-likeness (QED) is 0.896. The van der Waals surface area contributed by atoms with E-state index in [-0.39, 0.29) is 0 Å². The van der Waals surface area contributed by atoms with Gasteiger partial charge < -0.3 is 10.1 Å². The molecule has 1 aliphatic heterocycles. The van der Waals surface area contributed by atoms with Gasteiger partial charge in [0.05, 0.1) is 6.61 Å². The molecule has 0 aromatic heterocycles. The summed E-state index contributed by atoms with van der Waals surface area (Å²) in [5.41, 5.74) is 1.39. The van der Waals surface area contributed by atoms with Gasteiger partial charge in [0.25, 0.3) is 0 Å². The van der Waals surface area contributed by atoms with Crippen molar-refractivity contribution >= 4 is 0 Å². The molecule has 1 N–H and O–H groups in total. The van der Waals surface area contributed by atoms with Crippen LogP contribution in [0.3, 0.4) is 0 Å². The van der Waals surface area contributed by atoms with E-state index in [4.69, 9.17) is 4.74 Å². The van der Waals surface area contributed by atoms with E-state index in [2.05, 4.69) is 36.5 Å². The predicted octanol–water partition coefficient (Wildman–Crippen LogP) is 3.97. The molecular weight excluding hydrogens is 246 g/mol. The maximum atomic E-state index is 5.74. The van der Waals surface area contributed by atoms with Crippen molar-refractivity contribution in [3.63, 3.8) is 0 Å². The zero-order valence-electron chi connectivity index (χ0n) is 12.6. The molecule has 1 aromatic carbocycles. The van der Waals surface area contributed by atoms with E-state index in [0.29, 0.717) is 5.92 Å². The van der Waals surface area contributed by atoms with E-state index < -0.39 is 0 Å². The number of para-hydroxylation sites is 1. The minimum absolute atomic E-state index is 0.624. The number of fused-ring (bicyclic) bond motifs is 1. The van der Waals surface area contributed by atoms with E-state index >= 15 is 0 Å². The van der Waals surface area contributed by atoms with Crippen LogP contribution in [-0.4, -0.2) is 19.7 Å². The molecule has 1 heterocycles. The molecule has 1 aliphatic carbocycles. The van der Waals surface area contributed by atoms with Gasteiger partial charge in [0, 0.05) is 12.5 Å². The lowest BCUT2D eigenvalue weighted by atomic mass is 9.80. The molecule has 1 saturated carbocycles. The van der Waals surface area contributed by atoms with Crippen molar-refractivity contribution in [1.29, 1.82) is 0 Å². The fraction of sp³-hybridized carbons (Fsp3) is 0.667. The van der Waals surface area contributed by atoms with Crippen LogP contribution < -0.4 is 10.1 Å². The van der Waals surface area contributed by atoms with Gasteiger partial charge >= 0.3 is 0 Å². The first-order chi connectivity index (χ1) is 9.84. The van der Waals surface area contributed by atoms with Gasteiger partial charge in [-0.2, -0.15) is 0 Å². The molecule has 3 atom stereocenters.